The number of esters is 1. The number of aromatic nitrogens is 2. The summed E-state index contributed by atoms with van der Waals surface area (Å²) in [6, 6.07) is 15.2. The van der Waals surface area contributed by atoms with Crippen molar-refractivity contribution in [2.24, 2.45) is 11.3 Å². The first-order chi connectivity index (χ1) is 30.2. The molecule has 1 fully saturated rings. The Hall–Kier alpha value is -4.52. The quantitative estimate of drug-likeness (QED) is 0.0949. The topological polar surface area (TPSA) is 127 Å². The van der Waals surface area contributed by atoms with Gasteiger partial charge in [0.1, 0.15) is 17.8 Å². The number of hydrogen-bond donors (Lipinski definition) is 3. The molecule has 6 rings (SSSR count). The molecule has 2 aliphatic rings. The van der Waals surface area contributed by atoms with Crippen LogP contribution in [-0.2, 0) is 38.5 Å². The van der Waals surface area contributed by atoms with E-state index in [0.717, 1.165) is 56.8 Å². The highest BCUT2D eigenvalue weighted by atomic mass is 28.4. The van der Waals surface area contributed by atoms with E-state index < -0.39 is 37.8 Å². The molecule has 3 N–H and O–H groups in total. The van der Waals surface area contributed by atoms with Gasteiger partial charge in [-0.1, -0.05) is 95.2 Å². The van der Waals surface area contributed by atoms with Gasteiger partial charge in [-0.25, -0.2) is 5.43 Å². The first-order valence-corrected chi connectivity index (χ1v) is 26.0. The normalized spacial score (nSPS) is 19.1. The Kier molecular flexibility index (Phi) is 15.2. The minimum atomic E-state index is -2.43. The van der Waals surface area contributed by atoms with Gasteiger partial charge >= 0.3 is 5.97 Å². The maximum absolute atomic E-state index is 14.8. The number of aryl methyl sites for hydroxylation is 1. The maximum Gasteiger partial charge on any atom is 0.324 e. The molecule has 11 nitrogen and oxygen atoms in total. The summed E-state index contributed by atoms with van der Waals surface area (Å²) in [7, 11) is -0.667. The lowest BCUT2D eigenvalue weighted by Gasteiger charge is -2.42. The third-order valence-corrected chi connectivity index (χ3v) is 19.7. The molecular weight excluding hydrogens is 817 g/mol. The predicted octanol–water partition coefficient (Wildman–Crippen LogP) is 9.96. The van der Waals surface area contributed by atoms with Crippen molar-refractivity contribution in [2.45, 2.75) is 163 Å². The van der Waals surface area contributed by atoms with E-state index in [9.17, 15) is 14.4 Å². The molecule has 2 aromatic heterocycles. The molecule has 3 atom stereocenters. The smallest absolute Gasteiger partial charge is 0.324 e. The van der Waals surface area contributed by atoms with Gasteiger partial charge in [-0.05, 0) is 120 Å². The van der Waals surface area contributed by atoms with Gasteiger partial charge in [0.2, 0.25) is 5.91 Å². The van der Waals surface area contributed by atoms with Crippen LogP contribution in [0.25, 0.3) is 33.3 Å². The van der Waals surface area contributed by atoms with Crippen molar-refractivity contribution < 1.29 is 23.5 Å². The van der Waals surface area contributed by atoms with Crippen LogP contribution < -0.4 is 20.5 Å². The monoisotopic (exact) mass is 893 g/mol. The van der Waals surface area contributed by atoms with Crippen LogP contribution in [0.1, 0.15) is 126 Å². The average Bonchev–Trinajstić information content (AvgIpc) is 3.54. The molecule has 64 heavy (non-hydrogen) atoms. The van der Waals surface area contributed by atoms with Gasteiger partial charge in [-0.3, -0.25) is 24.4 Å². The van der Waals surface area contributed by atoms with Gasteiger partial charge < -0.3 is 24.4 Å². The molecule has 2 aliphatic heterocycles. The molecule has 6 bridgehead atoms. The summed E-state index contributed by atoms with van der Waals surface area (Å²) < 4.78 is 16.0. The lowest BCUT2D eigenvalue weighted by Crippen LogP contribution is -2.61. The number of benzene rings is 2. The van der Waals surface area contributed by atoms with E-state index in [1.807, 2.05) is 26.1 Å². The molecule has 0 saturated carbocycles. The number of carbonyl (C=O) groups is 3. The zero-order chi connectivity index (χ0) is 46.8. The number of ether oxygens (including phenoxy) is 1. The number of hydrogen-bond acceptors (Lipinski definition) is 8. The minimum Gasteiger partial charge on any atom is -0.543 e. The highest BCUT2D eigenvalue weighted by Gasteiger charge is 2.47. The van der Waals surface area contributed by atoms with Gasteiger partial charge in [0.25, 0.3) is 14.2 Å². The van der Waals surface area contributed by atoms with Crippen LogP contribution in [0.3, 0.4) is 0 Å². The van der Waals surface area contributed by atoms with E-state index >= 15 is 0 Å². The van der Waals surface area contributed by atoms with Gasteiger partial charge in [0.05, 0.1) is 24.0 Å². The van der Waals surface area contributed by atoms with Crippen LogP contribution in [0.5, 0.6) is 5.75 Å². The highest BCUT2D eigenvalue weighted by molar-refractivity contribution is 6.78. The van der Waals surface area contributed by atoms with Crippen LogP contribution in [0.15, 0.2) is 54.7 Å². The van der Waals surface area contributed by atoms with Crippen LogP contribution >= 0.6 is 0 Å². The summed E-state index contributed by atoms with van der Waals surface area (Å²) in [4.78, 5) is 47.7. The molecule has 12 heteroatoms. The number of cyclic esters (lactones) is 1. The Labute approximate surface area is 383 Å². The number of amides is 2. The van der Waals surface area contributed by atoms with Crippen molar-refractivity contribution in [3.8, 4) is 28.1 Å². The van der Waals surface area contributed by atoms with Crippen molar-refractivity contribution in [3.05, 3.63) is 71.5 Å². The number of nitrogens with zero attached hydrogens (tertiary/aromatic N) is 3. The molecule has 4 aromatic rings. The largest absolute Gasteiger partial charge is 0.543 e. The first-order valence-electron chi connectivity index (χ1n) is 23.9. The van der Waals surface area contributed by atoms with Crippen molar-refractivity contribution in [3.63, 3.8) is 0 Å². The number of carbonyl (C=O) groups excluding carboxylic acids is 3. The fourth-order valence-electron chi connectivity index (χ4n) is 10.7. The zero-order valence-corrected chi connectivity index (χ0v) is 42.1. The maximum atomic E-state index is 14.8. The van der Waals surface area contributed by atoms with Gasteiger partial charge in [-0.15, -0.1) is 0 Å². The van der Waals surface area contributed by atoms with E-state index in [-0.39, 0.29) is 36.7 Å². The Morgan fingerprint density at radius 1 is 0.969 bits per heavy atom. The Morgan fingerprint density at radius 2 is 1.67 bits per heavy atom. The predicted molar refractivity (Wildman–Crippen MR) is 262 cm³/mol. The molecule has 2 amide bonds. The molecule has 2 aromatic carbocycles. The summed E-state index contributed by atoms with van der Waals surface area (Å²) in [6.45, 7) is 29.9. The first kappa shape index (κ1) is 48.9. The minimum absolute atomic E-state index is 0.0154. The summed E-state index contributed by atoms with van der Waals surface area (Å²) in [6.07, 6.45) is 3.87. The van der Waals surface area contributed by atoms with Crippen molar-refractivity contribution in [2.75, 3.05) is 20.2 Å². The van der Waals surface area contributed by atoms with E-state index in [4.69, 9.17) is 14.1 Å². The summed E-state index contributed by atoms with van der Waals surface area (Å²) >= 11 is 0. The number of fused-ring (bicyclic) bond motifs is 6. The molecule has 0 radical (unpaired) electrons. The summed E-state index contributed by atoms with van der Waals surface area (Å²) in [5, 5.41) is 8.95. The van der Waals surface area contributed by atoms with Gasteiger partial charge in [0, 0.05) is 47.6 Å². The van der Waals surface area contributed by atoms with E-state index in [1.165, 1.54) is 10.6 Å². The van der Waals surface area contributed by atoms with E-state index in [1.54, 1.807) is 7.05 Å². The number of nitrogens with one attached hydrogen (secondary N) is 3. The molecule has 1 saturated heterocycles. The molecule has 4 heterocycles. The fraction of sp³-hybridized carbons (Fsp3) is 0.577. The second-order valence-electron chi connectivity index (χ2n) is 20.7. The standard InChI is InChI=1S/C52H76N6O5Si/c1-15-57-45-21-20-37-28-41(45)42(48(57)40-18-16-22-54-46(40)31(2)3)29-52(12,13)30-62-51(61)43-19-17-23-58(56-43)50(60)44(55-49(59)47(53-14)32(4)5)26-36-24-38(37)27-39(25-36)63-64(33(6)7,34(8)9)35(10)11/h16,18,20-22,24-25,27-28,31-35,43-44,47,53,56H,15,17,19,23,26,29-30H2,1-14H3,(H,55,59)/t43-,44-,47-/m0/s1. The zero-order valence-electron chi connectivity index (χ0n) is 41.1. The molecular formula is C52H76N6O5Si. The number of hydrazine groups is 1. The number of pyridine rings is 1. The second-order valence-corrected chi connectivity index (χ2v) is 26.1. The van der Waals surface area contributed by atoms with Crippen LogP contribution in [0, 0.1) is 11.3 Å². The SMILES string of the molecule is CCn1c(-c2cccnc2C(C)C)c2c3cc(ccc31)-c1cc(cc(O[Si](C(C)C)(C(C)C)C(C)C)c1)C[C@H](NC(=O)[C@@H](NC)C(C)C)C(=O)N1CCC[C@H](N1)C(=O)OCC(C)(C)C2. The third-order valence-electron chi connectivity index (χ3n) is 13.7. The number of likely N-dealkylation sites (N-methyl/N-ethyl adjacent to an activating group) is 1. The fourth-order valence-corrected chi connectivity index (χ4v) is 16.0. The second kappa shape index (κ2) is 19.9. The number of rotatable bonds is 12. The van der Waals surface area contributed by atoms with Crippen molar-refractivity contribution >= 4 is 37.0 Å². The Bertz CT molecular complexity index is 2290. The van der Waals surface area contributed by atoms with Crippen LogP contribution in [-0.4, -0.2) is 79.0 Å². The molecule has 0 unspecified atom stereocenters. The van der Waals surface area contributed by atoms with Crippen molar-refractivity contribution in [1.82, 2.24) is 30.6 Å². The average molecular weight is 893 g/mol. The summed E-state index contributed by atoms with van der Waals surface area (Å²) in [5.41, 5.74) is 12.3. The van der Waals surface area contributed by atoms with Gasteiger partial charge in [0.15, 0.2) is 0 Å². The molecule has 0 spiro atoms. The van der Waals surface area contributed by atoms with Crippen molar-refractivity contribution in [1.29, 1.82) is 0 Å². The third kappa shape index (κ3) is 9.99. The Balaban J connectivity index is 1.64. The lowest BCUT2D eigenvalue weighted by molar-refractivity contribution is -0.155. The van der Waals surface area contributed by atoms with E-state index in [2.05, 4.69) is 139 Å². The van der Waals surface area contributed by atoms with Crippen LogP contribution in [0.4, 0.5) is 0 Å². The highest BCUT2D eigenvalue weighted by Crippen LogP contribution is 2.45. The lowest BCUT2D eigenvalue weighted by atomic mass is 9.83. The molecule has 0 aliphatic carbocycles. The molecule has 348 valence electrons. The van der Waals surface area contributed by atoms with Gasteiger partial charge in [-0.2, -0.15) is 0 Å². The Morgan fingerprint density at radius 3 is 2.30 bits per heavy atom. The van der Waals surface area contributed by atoms with Crippen LogP contribution in [0.2, 0.25) is 16.6 Å². The van der Waals surface area contributed by atoms with E-state index in [0.29, 0.717) is 42.4 Å². The summed E-state index contributed by atoms with van der Waals surface area (Å²) in [5.74, 6) is 0.0184.